The third kappa shape index (κ3) is 6.68. The molecular formula is C19H21ClIN5O2. The molecule has 1 aromatic heterocycles. The fraction of sp³-hybridized carbons (Fsp3) is 0.211. The summed E-state index contributed by atoms with van der Waals surface area (Å²) in [4.78, 5) is 8.52. The van der Waals surface area contributed by atoms with Crippen LogP contribution in [-0.4, -0.2) is 36.3 Å². The fourth-order valence-corrected chi connectivity index (χ4v) is 2.40. The Balaban J connectivity index is 0.00000280. The molecule has 28 heavy (non-hydrogen) atoms. The number of aromatic nitrogens is 2. The zero-order valence-electron chi connectivity index (χ0n) is 15.3. The number of para-hydroxylation sites is 1. The van der Waals surface area contributed by atoms with Crippen LogP contribution < -0.4 is 15.4 Å². The lowest BCUT2D eigenvalue weighted by Crippen LogP contribution is -2.38. The van der Waals surface area contributed by atoms with E-state index in [1.807, 2.05) is 42.5 Å². The van der Waals surface area contributed by atoms with Crippen LogP contribution in [0.5, 0.6) is 5.75 Å². The SMILES string of the molecule is CN=C(NCCOc1ccccc1)NCc1nc(-c2ccc(Cl)cc2)no1.I. The van der Waals surface area contributed by atoms with Gasteiger partial charge in [0.1, 0.15) is 12.4 Å². The molecule has 0 spiro atoms. The van der Waals surface area contributed by atoms with E-state index in [1.54, 1.807) is 19.2 Å². The summed E-state index contributed by atoms with van der Waals surface area (Å²) in [6, 6.07) is 16.9. The predicted octanol–water partition coefficient (Wildman–Crippen LogP) is 3.75. The molecule has 0 radical (unpaired) electrons. The molecule has 0 amide bonds. The van der Waals surface area contributed by atoms with Crippen LogP contribution in [0.4, 0.5) is 0 Å². The van der Waals surface area contributed by atoms with E-state index in [-0.39, 0.29) is 24.0 Å². The number of aliphatic imine (C=N–C) groups is 1. The van der Waals surface area contributed by atoms with Crippen molar-refractivity contribution >= 4 is 41.5 Å². The quantitative estimate of drug-likeness (QED) is 0.217. The van der Waals surface area contributed by atoms with Crippen molar-refractivity contribution in [2.24, 2.45) is 4.99 Å². The predicted molar refractivity (Wildman–Crippen MR) is 120 cm³/mol. The van der Waals surface area contributed by atoms with Gasteiger partial charge < -0.3 is 19.9 Å². The Morgan fingerprint density at radius 2 is 1.86 bits per heavy atom. The molecule has 148 valence electrons. The molecule has 3 aromatic rings. The largest absolute Gasteiger partial charge is 0.492 e. The molecule has 3 rings (SSSR count). The molecule has 0 fully saturated rings. The van der Waals surface area contributed by atoms with Gasteiger partial charge in [-0.1, -0.05) is 35.0 Å². The monoisotopic (exact) mass is 513 g/mol. The molecule has 0 saturated heterocycles. The maximum absolute atomic E-state index is 5.89. The second kappa shape index (κ2) is 11.5. The Hall–Kier alpha value is -2.33. The van der Waals surface area contributed by atoms with Crippen LogP contribution in [-0.2, 0) is 6.54 Å². The minimum Gasteiger partial charge on any atom is -0.492 e. The Morgan fingerprint density at radius 1 is 1.11 bits per heavy atom. The van der Waals surface area contributed by atoms with E-state index in [0.29, 0.717) is 42.4 Å². The average Bonchev–Trinajstić information content (AvgIpc) is 3.18. The third-order valence-electron chi connectivity index (χ3n) is 3.61. The summed E-state index contributed by atoms with van der Waals surface area (Å²) in [5.74, 6) is 2.44. The summed E-state index contributed by atoms with van der Waals surface area (Å²) in [5.41, 5.74) is 0.843. The number of nitrogens with zero attached hydrogens (tertiary/aromatic N) is 3. The molecule has 0 unspecified atom stereocenters. The second-order valence-corrected chi connectivity index (χ2v) is 5.97. The van der Waals surface area contributed by atoms with Gasteiger partial charge in [-0.25, -0.2) is 0 Å². The highest BCUT2D eigenvalue weighted by Gasteiger charge is 2.09. The molecule has 0 aliphatic heterocycles. The maximum atomic E-state index is 5.89. The molecule has 0 saturated carbocycles. The van der Waals surface area contributed by atoms with E-state index in [0.717, 1.165) is 11.3 Å². The highest BCUT2D eigenvalue weighted by Crippen LogP contribution is 2.18. The molecular weight excluding hydrogens is 493 g/mol. The van der Waals surface area contributed by atoms with Gasteiger partial charge in [0.05, 0.1) is 13.1 Å². The molecule has 0 bridgehead atoms. The van der Waals surface area contributed by atoms with Crippen LogP contribution in [0.2, 0.25) is 5.02 Å². The number of rotatable bonds is 7. The highest BCUT2D eigenvalue weighted by molar-refractivity contribution is 14.0. The lowest BCUT2D eigenvalue weighted by Gasteiger charge is -2.11. The number of hydrogen-bond donors (Lipinski definition) is 2. The van der Waals surface area contributed by atoms with Gasteiger partial charge in [0.2, 0.25) is 11.7 Å². The smallest absolute Gasteiger partial charge is 0.246 e. The number of ether oxygens (including phenoxy) is 1. The van der Waals surface area contributed by atoms with Gasteiger partial charge in [-0.3, -0.25) is 4.99 Å². The van der Waals surface area contributed by atoms with Gasteiger partial charge in [-0.15, -0.1) is 24.0 Å². The summed E-state index contributed by atoms with van der Waals surface area (Å²) in [5, 5.41) is 10.9. The van der Waals surface area contributed by atoms with Crippen LogP contribution in [0, 0.1) is 0 Å². The topological polar surface area (TPSA) is 84.6 Å². The molecule has 2 aromatic carbocycles. The fourth-order valence-electron chi connectivity index (χ4n) is 2.28. The lowest BCUT2D eigenvalue weighted by molar-refractivity contribution is 0.321. The summed E-state index contributed by atoms with van der Waals surface area (Å²) in [6.07, 6.45) is 0. The molecule has 1 heterocycles. The third-order valence-corrected chi connectivity index (χ3v) is 3.86. The molecule has 0 aliphatic carbocycles. The number of benzene rings is 2. The van der Waals surface area contributed by atoms with E-state index in [4.69, 9.17) is 20.9 Å². The van der Waals surface area contributed by atoms with Gasteiger partial charge in [-0.2, -0.15) is 4.98 Å². The Morgan fingerprint density at radius 3 is 2.57 bits per heavy atom. The molecule has 9 heteroatoms. The van der Waals surface area contributed by atoms with Gasteiger partial charge in [0, 0.05) is 17.6 Å². The second-order valence-electron chi connectivity index (χ2n) is 5.53. The van der Waals surface area contributed by atoms with Crippen molar-refractivity contribution in [3.05, 3.63) is 65.5 Å². The lowest BCUT2D eigenvalue weighted by atomic mass is 10.2. The Labute approximate surface area is 185 Å². The normalized spacial score (nSPS) is 10.9. The van der Waals surface area contributed by atoms with Crippen molar-refractivity contribution in [1.29, 1.82) is 0 Å². The maximum Gasteiger partial charge on any atom is 0.246 e. The van der Waals surface area contributed by atoms with E-state index in [9.17, 15) is 0 Å². The Kier molecular flexibility index (Phi) is 9.02. The zero-order valence-corrected chi connectivity index (χ0v) is 18.3. The molecule has 2 N–H and O–H groups in total. The van der Waals surface area contributed by atoms with Crippen molar-refractivity contribution in [3.8, 4) is 17.1 Å². The number of guanidine groups is 1. The first kappa shape index (κ1) is 22.0. The van der Waals surface area contributed by atoms with Crippen LogP contribution in [0.3, 0.4) is 0 Å². The van der Waals surface area contributed by atoms with Gasteiger partial charge >= 0.3 is 0 Å². The molecule has 0 aliphatic rings. The van der Waals surface area contributed by atoms with Crippen LogP contribution in [0.1, 0.15) is 5.89 Å². The van der Waals surface area contributed by atoms with Crippen molar-refractivity contribution in [2.45, 2.75) is 6.54 Å². The first-order chi connectivity index (χ1) is 13.2. The summed E-state index contributed by atoms with van der Waals surface area (Å²) in [6.45, 7) is 1.49. The van der Waals surface area contributed by atoms with Crippen LogP contribution in [0.15, 0.2) is 64.1 Å². The Bertz CT molecular complexity index is 872. The first-order valence-corrected chi connectivity index (χ1v) is 8.83. The summed E-state index contributed by atoms with van der Waals surface area (Å²) >= 11 is 5.89. The molecule has 0 atom stereocenters. The van der Waals surface area contributed by atoms with Crippen LogP contribution >= 0.6 is 35.6 Å². The van der Waals surface area contributed by atoms with Crippen LogP contribution in [0.25, 0.3) is 11.4 Å². The number of halogens is 2. The van der Waals surface area contributed by atoms with Crippen molar-refractivity contribution in [2.75, 3.05) is 20.2 Å². The first-order valence-electron chi connectivity index (χ1n) is 8.45. The zero-order chi connectivity index (χ0) is 18.9. The van der Waals surface area contributed by atoms with Gasteiger partial charge in [0.15, 0.2) is 5.96 Å². The van der Waals surface area contributed by atoms with Crippen molar-refractivity contribution in [1.82, 2.24) is 20.8 Å². The number of hydrogen-bond acceptors (Lipinski definition) is 5. The van der Waals surface area contributed by atoms with E-state index in [2.05, 4.69) is 25.8 Å². The van der Waals surface area contributed by atoms with E-state index < -0.39 is 0 Å². The highest BCUT2D eigenvalue weighted by atomic mass is 127. The van der Waals surface area contributed by atoms with Gasteiger partial charge in [-0.05, 0) is 36.4 Å². The van der Waals surface area contributed by atoms with Gasteiger partial charge in [0.25, 0.3) is 0 Å². The van der Waals surface area contributed by atoms with E-state index in [1.165, 1.54) is 0 Å². The standard InChI is InChI=1S/C19H20ClN5O2.HI/c1-21-19(22-11-12-26-16-5-3-2-4-6-16)23-13-17-24-18(25-27-17)14-7-9-15(20)10-8-14;/h2-10H,11-13H2,1H3,(H2,21,22,23);1H. The minimum absolute atomic E-state index is 0. The average molecular weight is 514 g/mol. The van der Waals surface area contributed by atoms with Crippen molar-refractivity contribution in [3.63, 3.8) is 0 Å². The summed E-state index contributed by atoms with van der Waals surface area (Å²) < 4.78 is 10.9. The minimum atomic E-state index is 0. The number of nitrogens with one attached hydrogen (secondary N) is 2. The van der Waals surface area contributed by atoms with Crippen molar-refractivity contribution < 1.29 is 9.26 Å². The summed E-state index contributed by atoms with van der Waals surface area (Å²) in [7, 11) is 1.69. The molecule has 7 nitrogen and oxygen atoms in total. The van der Waals surface area contributed by atoms with E-state index >= 15 is 0 Å².